The molecule has 1 aromatic heterocycles. The lowest BCUT2D eigenvalue weighted by Crippen LogP contribution is -2.34. The second kappa shape index (κ2) is 8.08. The lowest BCUT2D eigenvalue weighted by atomic mass is 10.0. The van der Waals surface area contributed by atoms with E-state index in [1.807, 2.05) is 24.3 Å². The second-order valence-corrected chi connectivity index (χ2v) is 9.64. The number of rotatable bonds is 4. The molecule has 1 amide bonds. The summed E-state index contributed by atoms with van der Waals surface area (Å²) in [5.74, 6) is 0.663. The Morgan fingerprint density at radius 3 is 2.59 bits per heavy atom. The van der Waals surface area contributed by atoms with Crippen LogP contribution in [0.5, 0.6) is 5.75 Å². The monoisotopic (exact) mass is 416 g/mol. The van der Waals surface area contributed by atoms with Crippen LogP contribution in [0.15, 0.2) is 42.7 Å². The zero-order valence-corrected chi connectivity index (χ0v) is 17.1. The molecule has 2 aliphatic rings. The van der Waals surface area contributed by atoms with E-state index in [0.717, 1.165) is 11.3 Å². The maximum absolute atomic E-state index is 13.1. The van der Waals surface area contributed by atoms with Crippen molar-refractivity contribution in [3.63, 3.8) is 0 Å². The van der Waals surface area contributed by atoms with Gasteiger partial charge in [0.1, 0.15) is 5.75 Å². The number of carbonyl (C=O) groups excluding carboxylic acids is 1. The third-order valence-corrected chi connectivity index (χ3v) is 8.18. The molecule has 8 nitrogen and oxygen atoms in total. The minimum Gasteiger partial charge on any atom is -0.497 e. The van der Waals surface area contributed by atoms with Gasteiger partial charge in [0.25, 0.3) is 5.91 Å². The highest BCUT2D eigenvalue weighted by molar-refractivity contribution is 7.90. The Balaban J connectivity index is 1.44. The van der Waals surface area contributed by atoms with Crippen molar-refractivity contribution in [1.29, 1.82) is 0 Å². The summed E-state index contributed by atoms with van der Waals surface area (Å²) in [5, 5.41) is 7.02. The second-order valence-electron chi connectivity index (χ2n) is 7.48. The van der Waals surface area contributed by atoms with Crippen LogP contribution in [0.25, 0.3) is 0 Å². The maximum atomic E-state index is 13.1. The SMILES string of the molecule is COc1ccc(CN2C[C@@H]3CCN(C(=O)c4ccnnc4)CC[C@@H]3S2(=O)=O)cc1. The van der Waals surface area contributed by atoms with Crippen LogP contribution in [0.1, 0.15) is 28.8 Å². The number of ether oxygens (including phenoxy) is 1. The lowest BCUT2D eigenvalue weighted by Gasteiger charge is -2.22. The van der Waals surface area contributed by atoms with Crippen molar-refractivity contribution in [2.75, 3.05) is 26.7 Å². The number of nitrogens with zero attached hydrogens (tertiary/aromatic N) is 4. The average Bonchev–Trinajstić information content (AvgIpc) is 2.88. The van der Waals surface area contributed by atoms with Gasteiger partial charge in [0, 0.05) is 26.2 Å². The zero-order valence-electron chi connectivity index (χ0n) is 16.3. The number of benzene rings is 1. The summed E-state index contributed by atoms with van der Waals surface area (Å²) < 4.78 is 33.0. The molecule has 2 aromatic rings. The lowest BCUT2D eigenvalue weighted by molar-refractivity contribution is 0.0758. The molecular weight excluding hydrogens is 392 g/mol. The predicted octanol–water partition coefficient (Wildman–Crippen LogP) is 1.55. The van der Waals surface area contributed by atoms with Crippen molar-refractivity contribution in [3.05, 3.63) is 53.9 Å². The number of aromatic nitrogens is 2. The highest BCUT2D eigenvalue weighted by Gasteiger charge is 2.47. The van der Waals surface area contributed by atoms with Crippen LogP contribution >= 0.6 is 0 Å². The van der Waals surface area contributed by atoms with Crippen molar-refractivity contribution >= 4 is 15.9 Å². The van der Waals surface area contributed by atoms with Crippen LogP contribution in [0, 0.1) is 5.92 Å². The van der Waals surface area contributed by atoms with E-state index < -0.39 is 15.3 Å². The third kappa shape index (κ3) is 3.97. The molecular formula is C20H24N4O4S. The van der Waals surface area contributed by atoms with E-state index in [1.165, 1.54) is 12.4 Å². The highest BCUT2D eigenvalue weighted by atomic mass is 32.2. The van der Waals surface area contributed by atoms with E-state index in [9.17, 15) is 13.2 Å². The summed E-state index contributed by atoms with van der Waals surface area (Å²) in [4.78, 5) is 14.4. The standard InChI is InChI=1S/C20H24N4O4S/c1-28-18-4-2-15(3-5-18)13-24-14-17-7-10-23(11-8-19(17)29(24,26)27)20(25)16-6-9-21-22-12-16/h2-6,9,12,17,19H,7-8,10-11,13-14H2,1H3/t17-,19-/m0/s1. The molecule has 2 atom stereocenters. The quantitative estimate of drug-likeness (QED) is 0.751. The summed E-state index contributed by atoms with van der Waals surface area (Å²) in [6.45, 7) is 1.84. The first-order valence-corrected chi connectivity index (χ1v) is 11.2. The van der Waals surface area contributed by atoms with Gasteiger partial charge < -0.3 is 9.64 Å². The molecule has 2 fully saturated rings. The van der Waals surface area contributed by atoms with E-state index in [4.69, 9.17) is 4.74 Å². The molecule has 29 heavy (non-hydrogen) atoms. The summed E-state index contributed by atoms with van der Waals surface area (Å²) in [6.07, 6.45) is 4.06. The molecule has 1 aromatic carbocycles. The van der Waals surface area contributed by atoms with Crippen molar-refractivity contribution in [2.24, 2.45) is 5.92 Å². The molecule has 154 valence electrons. The van der Waals surface area contributed by atoms with Gasteiger partial charge in [-0.25, -0.2) is 8.42 Å². The molecule has 0 aliphatic carbocycles. The number of fused-ring (bicyclic) bond motifs is 1. The van der Waals surface area contributed by atoms with E-state index in [-0.39, 0.29) is 11.8 Å². The number of amides is 1. The summed E-state index contributed by atoms with van der Waals surface area (Å²) in [7, 11) is -1.79. The third-order valence-electron chi connectivity index (χ3n) is 5.80. The fraction of sp³-hybridized carbons (Fsp3) is 0.450. The largest absolute Gasteiger partial charge is 0.497 e. The van der Waals surface area contributed by atoms with Gasteiger partial charge in [-0.3, -0.25) is 4.79 Å². The van der Waals surface area contributed by atoms with Gasteiger partial charge in [-0.05, 0) is 42.5 Å². The first-order chi connectivity index (χ1) is 14.0. The Labute approximate surface area is 170 Å². The fourth-order valence-corrected chi connectivity index (χ4v) is 6.41. The molecule has 2 saturated heterocycles. The molecule has 3 heterocycles. The number of likely N-dealkylation sites (tertiary alicyclic amines) is 1. The average molecular weight is 417 g/mol. The Morgan fingerprint density at radius 2 is 1.90 bits per heavy atom. The molecule has 0 radical (unpaired) electrons. The van der Waals surface area contributed by atoms with Gasteiger partial charge in [-0.2, -0.15) is 14.5 Å². The van der Waals surface area contributed by atoms with Crippen LogP contribution in [0.2, 0.25) is 0 Å². The molecule has 0 bridgehead atoms. The zero-order chi connectivity index (χ0) is 20.4. The predicted molar refractivity (Wildman–Crippen MR) is 107 cm³/mol. The topological polar surface area (TPSA) is 92.7 Å². The number of methoxy groups -OCH3 is 1. The fourth-order valence-electron chi connectivity index (χ4n) is 4.19. The van der Waals surface area contributed by atoms with E-state index in [1.54, 1.807) is 22.4 Å². The first kappa shape index (κ1) is 19.8. The van der Waals surface area contributed by atoms with Crippen LogP contribution in [0.4, 0.5) is 0 Å². The van der Waals surface area contributed by atoms with Crippen LogP contribution in [0.3, 0.4) is 0 Å². The van der Waals surface area contributed by atoms with Crippen LogP contribution < -0.4 is 4.74 Å². The van der Waals surface area contributed by atoms with Gasteiger partial charge in [0.15, 0.2) is 0 Å². The van der Waals surface area contributed by atoms with Gasteiger partial charge >= 0.3 is 0 Å². The van der Waals surface area contributed by atoms with Crippen molar-refractivity contribution in [1.82, 2.24) is 19.4 Å². The Bertz CT molecular complexity index is 966. The maximum Gasteiger partial charge on any atom is 0.255 e. The van der Waals surface area contributed by atoms with E-state index in [0.29, 0.717) is 44.6 Å². The minimum absolute atomic E-state index is 0.0339. The molecule has 9 heteroatoms. The number of hydrogen-bond acceptors (Lipinski definition) is 6. The molecule has 2 aliphatic heterocycles. The number of hydrogen-bond donors (Lipinski definition) is 0. The van der Waals surface area contributed by atoms with Crippen LogP contribution in [-0.2, 0) is 16.6 Å². The molecule has 4 rings (SSSR count). The van der Waals surface area contributed by atoms with E-state index >= 15 is 0 Å². The summed E-state index contributed by atoms with van der Waals surface area (Å²) >= 11 is 0. The summed E-state index contributed by atoms with van der Waals surface area (Å²) in [5.41, 5.74) is 1.42. The highest BCUT2D eigenvalue weighted by Crippen LogP contribution is 2.35. The van der Waals surface area contributed by atoms with E-state index in [2.05, 4.69) is 10.2 Å². The Kier molecular flexibility index (Phi) is 5.51. The van der Waals surface area contributed by atoms with Gasteiger partial charge in [0.05, 0.1) is 30.3 Å². The van der Waals surface area contributed by atoms with Gasteiger partial charge in [-0.15, -0.1) is 0 Å². The van der Waals surface area contributed by atoms with Crippen molar-refractivity contribution < 1.29 is 17.9 Å². The number of sulfonamides is 1. The molecule has 0 spiro atoms. The first-order valence-electron chi connectivity index (χ1n) is 9.67. The van der Waals surface area contributed by atoms with Crippen molar-refractivity contribution in [2.45, 2.75) is 24.6 Å². The van der Waals surface area contributed by atoms with Gasteiger partial charge in [-0.1, -0.05) is 12.1 Å². The molecule has 0 N–H and O–H groups in total. The Morgan fingerprint density at radius 1 is 1.14 bits per heavy atom. The summed E-state index contributed by atoms with van der Waals surface area (Å²) in [6, 6.07) is 9.10. The number of carbonyl (C=O) groups is 1. The minimum atomic E-state index is -3.40. The molecule has 0 saturated carbocycles. The van der Waals surface area contributed by atoms with Crippen LogP contribution in [-0.4, -0.2) is 65.7 Å². The Hall–Kier alpha value is -2.52. The molecule has 0 unspecified atom stereocenters. The van der Waals surface area contributed by atoms with Crippen molar-refractivity contribution in [3.8, 4) is 5.75 Å². The smallest absolute Gasteiger partial charge is 0.255 e. The normalized spacial score (nSPS) is 24.0. The van der Waals surface area contributed by atoms with Gasteiger partial charge in [0.2, 0.25) is 10.0 Å².